The van der Waals surface area contributed by atoms with Crippen molar-refractivity contribution in [2.24, 2.45) is 0 Å². The zero-order valence-corrected chi connectivity index (χ0v) is 23.5. The first kappa shape index (κ1) is 28.4. The minimum atomic E-state index is -0.665. The van der Waals surface area contributed by atoms with E-state index in [9.17, 15) is 14.4 Å². The van der Waals surface area contributed by atoms with Crippen LogP contribution in [0.5, 0.6) is 5.75 Å². The highest BCUT2D eigenvalue weighted by atomic mass is 35.5. The summed E-state index contributed by atoms with van der Waals surface area (Å²) in [7, 11) is 1.59. The Balaban J connectivity index is 1.60. The number of piperazine rings is 1. The fourth-order valence-electron chi connectivity index (χ4n) is 5.15. The van der Waals surface area contributed by atoms with Crippen LogP contribution in [-0.2, 0) is 9.53 Å². The van der Waals surface area contributed by atoms with Crippen molar-refractivity contribution in [3.8, 4) is 5.75 Å². The van der Waals surface area contributed by atoms with Crippen LogP contribution in [0.1, 0.15) is 42.7 Å². The van der Waals surface area contributed by atoms with Crippen molar-refractivity contribution in [2.75, 3.05) is 46.4 Å². The van der Waals surface area contributed by atoms with Gasteiger partial charge in [0.15, 0.2) is 0 Å². The van der Waals surface area contributed by atoms with E-state index in [4.69, 9.17) is 21.1 Å². The Kier molecular flexibility index (Phi) is 9.14. The molecule has 2 aromatic carbocycles. The molecule has 0 saturated carbocycles. The molecule has 0 aliphatic carbocycles. The Morgan fingerprint density at radius 1 is 1.05 bits per heavy atom. The molecule has 2 unspecified atom stereocenters. The molecule has 2 atom stereocenters. The zero-order chi connectivity index (χ0) is 28.1. The van der Waals surface area contributed by atoms with E-state index < -0.39 is 12.0 Å². The molecule has 2 aliphatic heterocycles. The average Bonchev–Trinajstić information content (AvgIpc) is 2.93. The van der Waals surface area contributed by atoms with Crippen LogP contribution < -0.4 is 10.1 Å². The first-order valence-electron chi connectivity index (χ1n) is 13.2. The molecule has 0 bridgehead atoms. The van der Waals surface area contributed by atoms with Gasteiger partial charge in [0.2, 0.25) is 0 Å². The largest absolute Gasteiger partial charge is 0.497 e. The van der Waals surface area contributed by atoms with Crippen molar-refractivity contribution >= 4 is 29.5 Å². The van der Waals surface area contributed by atoms with Crippen LogP contribution in [0.4, 0.5) is 4.79 Å². The van der Waals surface area contributed by atoms with Crippen LogP contribution in [0.2, 0.25) is 5.02 Å². The molecule has 2 aromatic rings. The van der Waals surface area contributed by atoms with Crippen molar-refractivity contribution in [1.29, 1.82) is 0 Å². The van der Waals surface area contributed by atoms with Crippen LogP contribution in [-0.4, -0.2) is 85.1 Å². The number of likely N-dealkylation sites (N-methyl/N-ethyl adjacent to an activating group) is 1. The molecule has 208 valence electrons. The lowest BCUT2D eigenvalue weighted by Crippen LogP contribution is -2.56. The summed E-state index contributed by atoms with van der Waals surface area (Å²) in [4.78, 5) is 45.3. The van der Waals surface area contributed by atoms with Gasteiger partial charge in [0.05, 0.1) is 25.3 Å². The molecular weight excluding hydrogens is 520 g/mol. The van der Waals surface area contributed by atoms with Crippen molar-refractivity contribution in [3.05, 3.63) is 76.0 Å². The molecule has 0 spiro atoms. The van der Waals surface area contributed by atoms with Gasteiger partial charge < -0.3 is 19.7 Å². The number of urea groups is 1. The predicted octanol–water partition coefficient (Wildman–Crippen LogP) is 4.10. The van der Waals surface area contributed by atoms with E-state index in [1.165, 1.54) is 0 Å². The molecule has 2 aliphatic rings. The second-order valence-corrected chi connectivity index (χ2v) is 10.0. The molecule has 39 heavy (non-hydrogen) atoms. The van der Waals surface area contributed by atoms with E-state index in [2.05, 4.69) is 10.2 Å². The Morgan fingerprint density at radius 2 is 1.74 bits per heavy atom. The number of esters is 1. The van der Waals surface area contributed by atoms with E-state index in [0.717, 1.165) is 5.56 Å². The third-order valence-corrected chi connectivity index (χ3v) is 7.39. The van der Waals surface area contributed by atoms with E-state index in [1.807, 2.05) is 18.7 Å². The second kappa shape index (κ2) is 12.5. The number of carbonyl (C=O) groups is 3. The van der Waals surface area contributed by atoms with Gasteiger partial charge in [-0.05, 0) is 62.7 Å². The van der Waals surface area contributed by atoms with Crippen LogP contribution in [0.25, 0.3) is 0 Å². The number of halogens is 1. The van der Waals surface area contributed by atoms with Crippen LogP contribution >= 0.6 is 11.6 Å². The molecule has 1 fully saturated rings. The molecule has 2 heterocycles. The molecule has 3 amide bonds. The number of rotatable bonds is 8. The van der Waals surface area contributed by atoms with Gasteiger partial charge in [0.25, 0.3) is 5.91 Å². The smallest absolute Gasteiger partial charge is 0.338 e. The van der Waals surface area contributed by atoms with Gasteiger partial charge >= 0.3 is 12.0 Å². The number of methoxy groups -OCH3 is 1. The van der Waals surface area contributed by atoms with E-state index in [1.54, 1.807) is 67.5 Å². The number of hydrogen-bond acceptors (Lipinski definition) is 6. The third-order valence-electron chi connectivity index (χ3n) is 7.14. The van der Waals surface area contributed by atoms with Gasteiger partial charge in [0.1, 0.15) is 5.75 Å². The maximum atomic E-state index is 13.3. The van der Waals surface area contributed by atoms with E-state index >= 15 is 0 Å². The van der Waals surface area contributed by atoms with Crippen molar-refractivity contribution in [1.82, 2.24) is 20.0 Å². The number of benzene rings is 2. The number of hydrogen-bond donors (Lipinski definition) is 1. The van der Waals surface area contributed by atoms with Gasteiger partial charge in [-0.3, -0.25) is 14.6 Å². The number of ether oxygens (including phenoxy) is 2. The van der Waals surface area contributed by atoms with Crippen LogP contribution in [0.3, 0.4) is 0 Å². The topological polar surface area (TPSA) is 91.4 Å². The summed E-state index contributed by atoms with van der Waals surface area (Å²) in [5.41, 5.74) is 2.37. The fourth-order valence-corrected chi connectivity index (χ4v) is 5.28. The van der Waals surface area contributed by atoms with Crippen molar-refractivity contribution < 1.29 is 23.9 Å². The summed E-state index contributed by atoms with van der Waals surface area (Å²) in [6.45, 7) is 8.32. The summed E-state index contributed by atoms with van der Waals surface area (Å²) in [5.74, 6) is 0.197. The third kappa shape index (κ3) is 6.20. The summed E-state index contributed by atoms with van der Waals surface area (Å²) in [6.07, 6.45) is 0. The monoisotopic (exact) mass is 554 g/mol. The predicted molar refractivity (Wildman–Crippen MR) is 149 cm³/mol. The Labute approximate surface area is 234 Å². The average molecular weight is 555 g/mol. The van der Waals surface area contributed by atoms with Gasteiger partial charge in [0, 0.05) is 55.0 Å². The fraction of sp³-hybridized carbons (Fsp3) is 0.414. The van der Waals surface area contributed by atoms with Crippen LogP contribution in [0, 0.1) is 0 Å². The van der Waals surface area contributed by atoms with Gasteiger partial charge in [-0.1, -0.05) is 23.7 Å². The Morgan fingerprint density at radius 3 is 2.33 bits per heavy atom. The number of nitrogens with one attached hydrogen (secondary N) is 1. The lowest BCUT2D eigenvalue weighted by atomic mass is 9.94. The Bertz CT molecular complexity index is 1230. The van der Waals surface area contributed by atoms with Crippen molar-refractivity contribution in [2.45, 2.75) is 32.9 Å². The van der Waals surface area contributed by atoms with Crippen LogP contribution in [0.15, 0.2) is 59.8 Å². The molecule has 4 rings (SSSR count). The molecule has 1 N–H and O–H groups in total. The molecule has 0 aromatic heterocycles. The minimum absolute atomic E-state index is 0.0359. The SMILES string of the molecule is CCOC(=O)C1=C(CN2CCN(C(=O)c3ccc(OC)cc3)C(C)C2)N(CC)C(=O)NC1c1ccc(Cl)cc1. The highest BCUT2D eigenvalue weighted by Gasteiger charge is 2.39. The number of carbonyl (C=O) groups excluding carboxylic acids is 3. The van der Waals surface area contributed by atoms with Crippen molar-refractivity contribution in [3.63, 3.8) is 0 Å². The van der Waals surface area contributed by atoms with E-state index in [-0.39, 0.29) is 24.6 Å². The van der Waals surface area contributed by atoms with Gasteiger partial charge in [-0.2, -0.15) is 0 Å². The number of amides is 3. The molecule has 9 nitrogen and oxygen atoms in total. The maximum Gasteiger partial charge on any atom is 0.338 e. The molecule has 1 saturated heterocycles. The van der Waals surface area contributed by atoms with Gasteiger partial charge in [-0.15, -0.1) is 0 Å². The molecule has 10 heteroatoms. The summed E-state index contributed by atoms with van der Waals surface area (Å²) >= 11 is 6.09. The first-order valence-corrected chi connectivity index (χ1v) is 13.6. The minimum Gasteiger partial charge on any atom is -0.497 e. The van der Waals surface area contributed by atoms with E-state index in [0.29, 0.717) is 60.3 Å². The normalized spacial score (nSPS) is 20.1. The summed E-state index contributed by atoms with van der Waals surface area (Å²) in [6, 6.07) is 13.2. The lowest BCUT2D eigenvalue weighted by molar-refractivity contribution is -0.139. The summed E-state index contributed by atoms with van der Waals surface area (Å²) in [5, 5.41) is 3.54. The Hall–Kier alpha value is -3.56. The lowest BCUT2D eigenvalue weighted by Gasteiger charge is -2.43. The standard InChI is InChI=1S/C29H35ClN4O5/c1-5-33-24(25(28(36)39-6-2)26(31-29(33)37)20-7-11-22(30)12-8-20)18-32-15-16-34(19(3)17-32)27(35)21-9-13-23(38-4)14-10-21/h7-14,19,26H,5-6,15-18H2,1-4H3,(H,31,37). The highest BCUT2D eigenvalue weighted by molar-refractivity contribution is 6.30. The maximum absolute atomic E-state index is 13.3. The zero-order valence-electron chi connectivity index (χ0n) is 22.8. The highest BCUT2D eigenvalue weighted by Crippen LogP contribution is 2.33. The van der Waals surface area contributed by atoms with Gasteiger partial charge in [-0.25, -0.2) is 9.59 Å². The summed E-state index contributed by atoms with van der Waals surface area (Å²) < 4.78 is 10.7. The quantitative estimate of drug-likeness (QED) is 0.494. The molecular formula is C29H35ClN4O5. The second-order valence-electron chi connectivity index (χ2n) is 9.57. The first-order chi connectivity index (χ1) is 18.8. The molecule has 0 radical (unpaired) electrons. The number of nitrogens with zero attached hydrogens (tertiary/aromatic N) is 3.